The maximum absolute atomic E-state index is 11.1. The fourth-order valence-electron chi connectivity index (χ4n) is 2.88. The Hall–Kier alpha value is -3.12. The van der Waals surface area contributed by atoms with Gasteiger partial charge in [-0.15, -0.1) is 0 Å². The Morgan fingerprint density at radius 2 is 1.89 bits per heavy atom. The Balaban J connectivity index is 1.52. The smallest absolute Gasteiger partial charge is 0.268 e. The molecule has 0 aliphatic carbocycles. The molecule has 6 nitrogen and oxygen atoms in total. The lowest BCUT2D eigenvalue weighted by Gasteiger charge is -2.13. The van der Waals surface area contributed by atoms with Crippen molar-refractivity contribution in [3.63, 3.8) is 0 Å². The SMILES string of the molecule is NC(=O)c1cn(CC(O)CCCc2ccccc2Oc2ccccc2)cn1. The summed E-state index contributed by atoms with van der Waals surface area (Å²) in [5, 5.41) is 10.2. The van der Waals surface area contributed by atoms with Crippen LogP contribution in [0.5, 0.6) is 11.5 Å². The molecule has 1 amide bonds. The van der Waals surface area contributed by atoms with Crippen molar-refractivity contribution in [2.24, 2.45) is 5.73 Å². The number of para-hydroxylation sites is 2. The number of aromatic nitrogens is 2. The van der Waals surface area contributed by atoms with Gasteiger partial charge in [-0.3, -0.25) is 4.79 Å². The summed E-state index contributed by atoms with van der Waals surface area (Å²) in [6.07, 6.45) is 4.77. The van der Waals surface area contributed by atoms with Crippen LogP contribution >= 0.6 is 0 Å². The minimum Gasteiger partial charge on any atom is -0.457 e. The lowest BCUT2D eigenvalue weighted by Crippen LogP contribution is -2.15. The minimum absolute atomic E-state index is 0.203. The molecule has 0 aliphatic heterocycles. The molecule has 1 atom stereocenters. The van der Waals surface area contributed by atoms with Crippen LogP contribution in [0.3, 0.4) is 0 Å². The van der Waals surface area contributed by atoms with Gasteiger partial charge in [-0.25, -0.2) is 4.98 Å². The van der Waals surface area contributed by atoms with Gasteiger partial charge in [0.25, 0.3) is 5.91 Å². The van der Waals surface area contributed by atoms with Crippen LogP contribution in [0.15, 0.2) is 67.1 Å². The van der Waals surface area contributed by atoms with Crippen LogP contribution in [0.4, 0.5) is 0 Å². The molecule has 0 bridgehead atoms. The summed E-state index contributed by atoms with van der Waals surface area (Å²) in [6.45, 7) is 0.377. The Kier molecular flexibility index (Phi) is 6.22. The van der Waals surface area contributed by atoms with Crippen LogP contribution in [0.1, 0.15) is 28.9 Å². The van der Waals surface area contributed by atoms with E-state index in [0.717, 1.165) is 29.9 Å². The molecule has 27 heavy (non-hydrogen) atoms. The van der Waals surface area contributed by atoms with Gasteiger partial charge in [0.1, 0.15) is 17.2 Å². The first-order valence-corrected chi connectivity index (χ1v) is 8.92. The van der Waals surface area contributed by atoms with E-state index in [4.69, 9.17) is 10.5 Å². The average molecular weight is 365 g/mol. The van der Waals surface area contributed by atoms with Gasteiger partial charge in [0.05, 0.1) is 12.4 Å². The lowest BCUT2D eigenvalue weighted by atomic mass is 10.0. The summed E-state index contributed by atoms with van der Waals surface area (Å²) < 4.78 is 7.65. The topological polar surface area (TPSA) is 90.4 Å². The number of rotatable bonds is 9. The van der Waals surface area contributed by atoms with Gasteiger partial charge in [0, 0.05) is 12.7 Å². The number of primary amides is 1. The third-order valence-corrected chi connectivity index (χ3v) is 4.23. The third-order valence-electron chi connectivity index (χ3n) is 4.23. The molecule has 0 aliphatic rings. The molecule has 0 saturated carbocycles. The van der Waals surface area contributed by atoms with Crippen LogP contribution in [0, 0.1) is 0 Å². The first-order valence-electron chi connectivity index (χ1n) is 8.92. The van der Waals surface area contributed by atoms with E-state index in [-0.39, 0.29) is 5.69 Å². The fraction of sp³-hybridized carbons (Fsp3) is 0.238. The fourth-order valence-corrected chi connectivity index (χ4v) is 2.88. The number of nitrogens with two attached hydrogens (primary N) is 1. The highest BCUT2D eigenvalue weighted by atomic mass is 16.5. The molecule has 0 spiro atoms. The zero-order valence-electron chi connectivity index (χ0n) is 15.0. The van der Waals surface area contributed by atoms with Crippen LogP contribution in [-0.4, -0.2) is 26.7 Å². The second kappa shape index (κ2) is 9.00. The van der Waals surface area contributed by atoms with E-state index in [1.807, 2.05) is 54.6 Å². The van der Waals surface area contributed by atoms with Gasteiger partial charge in [-0.1, -0.05) is 36.4 Å². The van der Waals surface area contributed by atoms with Gasteiger partial charge < -0.3 is 20.1 Å². The van der Waals surface area contributed by atoms with Gasteiger partial charge in [-0.2, -0.15) is 0 Å². The number of amides is 1. The third kappa shape index (κ3) is 5.43. The molecule has 0 radical (unpaired) electrons. The van der Waals surface area contributed by atoms with Crippen molar-refractivity contribution in [3.8, 4) is 11.5 Å². The predicted molar refractivity (Wildman–Crippen MR) is 103 cm³/mol. The van der Waals surface area contributed by atoms with Crippen molar-refractivity contribution in [3.05, 3.63) is 78.4 Å². The second-order valence-corrected chi connectivity index (χ2v) is 6.39. The summed E-state index contributed by atoms with van der Waals surface area (Å²) in [7, 11) is 0. The molecule has 3 N–H and O–H groups in total. The molecule has 3 aromatic rings. The van der Waals surface area contributed by atoms with E-state index in [2.05, 4.69) is 4.98 Å². The number of hydrogen-bond donors (Lipinski definition) is 2. The van der Waals surface area contributed by atoms with Crippen LogP contribution in [0.2, 0.25) is 0 Å². The quantitative estimate of drug-likeness (QED) is 0.609. The summed E-state index contributed by atoms with van der Waals surface area (Å²) in [5.74, 6) is 1.06. The van der Waals surface area contributed by atoms with E-state index >= 15 is 0 Å². The van der Waals surface area contributed by atoms with Crippen LogP contribution in [0.25, 0.3) is 0 Å². The molecule has 1 unspecified atom stereocenters. The first kappa shape index (κ1) is 18.7. The Morgan fingerprint density at radius 3 is 2.63 bits per heavy atom. The number of aryl methyl sites for hydroxylation is 1. The largest absolute Gasteiger partial charge is 0.457 e. The number of hydrogen-bond acceptors (Lipinski definition) is 4. The van der Waals surface area contributed by atoms with Crippen molar-refractivity contribution in [2.75, 3.05) is 0 Å². The van der Waals surface area contributed by atoms with Crippen LogP contribution in [-0.2, 0) is 13.0 Å². The lowest BCUT2D eigenvalue weighted by molar-refractivity contribution is 0.0995. The molecular formula is C21H23N3O3. The standard InChI is InChI=1S/C21H23N3O3/c22-21(26)19-14-24(15-23-19)13-17(25)9-6-8-16-7-4-5-12-20(16)27-18-10-2-1-3-11-18/h1-5,7,10-12,14-15,17,25H,6,8-9,13H2,(H2,22,26). The highest BCUT2D eigenvalue weighted by Gasteiger charge is 2.10. The van der Waals surface area contributed by atoms with Gasteiger partial charge in [-0.05, 0) is 43.0 Å². The zero-order valence-corrected chi connectivity index (χ0v) is 15.0. The molecule has 2 aromatic carbocycles. The molecule has 1 aromatic heterocycles. The Labute approximate surface area is 158 Å². The molecule has 0 saturated heterocycles. The maximum atomic E-state index is 11.1. The number of imidazole rings is 1. The van der Waals surface area contributed by atoms with E-state index in [0.29, 0.717) is 13.0 Å². The van der Waals surface area contributed by atoms with E-state index in [1.165, 1.54) is 6.33 Å². The highest BCUT2D eigenvalue weighted by Crippen LogP contribution is 2.26. The molecular weight excluding hydrogens is 342 g/mol. The van der Waals surface area contributed by atoms with E-state index in [1.54, 1.807) is 10.8 Å². The molecule has 0 fully saturated rings. The maximum Gasteiger partial charge on any atom is 0.268 e. The molecule has 3 rings (SSSR count). The van der Waals surface area contributed by atoms with Crippen molar-refractivity contribution in [2.45, 2.75) is 31.9 Å². The summed E-state index contributed by atoms with van der Waals surface area (Å²) in [5.41, 5.74) is 6.49. The Morgan fingerprint density at radius 1 is 1.15 bits per heavy atom. The molecule has 140 valence electrons. The minimum atomic E-state index is -0.571. The number of carbonyl (C=O) groups is 1. The summed E-state index contributed by atoms with van der Waals surface area (Å²) in [4.78, 5) is 15.0. The second-order valence-electron chi connectivity index (χ2n) is 6.39. The summed E-state index contributed by atoms with van der Waals surface area (Å²) in [6, 6.07) is 17.6. The number of ether oxygens (including phenoxy) is 1. The van der Waals surface area contributed by atoms with E-state index in [9.17, 15) is 9.90 Å². The van der Waals surface area contributed by atoms with Gasteiger partial charge >= 0.3 is 0 Å². The number of aliphatic hydroxyl groups is 1. The van der Waals surface area contributed by atoms with Gasteiger partial charge in [0.2, 0.25) is 0 Å². The normalized spacial score (nSPS) is 11.9. The molecule has 1 heterocycles. The highest BCUT2D eigenvalue weighted by molar-refractivity contribution is 5.90. The molecule has 6 heteroatoms. The van der Waals surface area contributed by atoms with Crippen molar-refractivity contribution < 1.29 is 14.6 Å². The van der Waals surface area contributed by atoms with Crippen molar-refractivity contribution >= 4 is 5.91 Å². The number of aliphatic hydroxyl groups excluding tert-OH is 1. The zero-order chi connectivity index (χ0) is 19.1. The van der Waals surface area contributed by atoms with Crippen molar-refractivity contribution in [1.82, 2.24) is 9.55 Å². The monoisotopic (exact) mass is 365 g/mol. The van der Waals surface area contributed by atoms with Crippen LogP contribution < -0.4 is 10.5 Å². The predicted octanol–water partition coefficient (Wildman–Crippen LogP) is 3.16. The Bertz CT molecular complexity index is 877. The number of benzene rings is 2. The van der Waals surface area contributed by atoms with Gasteiger partial charge in [0.15, 0.2) is 0 Å². The first-order chi connectivity index (χ1) is 13.1. The van der Waals surface area contributed by atoms with E-state index < -0.39 is 12.0 Å². The average Bonchev–Trinajstić information content (AvgIpc) is 3.13. The van der Waals surface area contributed by atoms with Crippen molar-refractivity contribution in [1.29, 1.82) is 0 Å². The summed E-state index contributed by atoms with van der Waals surface area (Å²) >= 11 is 0. The number of carbonyl (C=O) groups excluding carboxylic acids is 1. The number of nitrogens with zero attached hydrogens (tertiary/aromatic N) is 2.